The summed E-state index contributed by atoms with van der Waals surface area (Å²) >= 11 is 6.22. The number of ether oxygens (including phenoxy) is 2. The molecule has 0 bridgehead atoms. The van der Waals surface area contributed by atoms with Crippen molar-refractivity contribution in [1.82, 2.24) is 0 Å². The number of aliphatic hydroxyl groups is 1. The number of aliphatic hydroxyl groups excluding tert-OH is 1. The first kappa shape index (κ1) is 24.7. The molecular weight excluding hydrogens is 488 g/mol. The molecule has 1 amide bonds. The van der Waals surface area contributed by atoms with Crippen molar-refractivity contribution in [3.8, 4) is 11.5 Å². The van der Waals surface area contributed by atoms with Crippen molar-refractivity contribution < 1.29 is 29.1 Å². The number of anilines is 1. The second-order valence-electron chi connectivity index (χ2n) is 8.02. The van der Waals surface area contributed by atoms with Crippen LogP contribution in [0.3, 0.4) is 0 Å². The Hall–Kier alpha value is -4.37. The normalized spacial score (nSPS) is 16.8. The summed E-state index contributed by atoms with van der Waals surface area (Å²) in [6, 6.07) is 13.9. The van der Waals surface area contributed by atoms with Crippen LogP contribution in [0, 0.1) is 17.0 Å². The number of Topliss-reactive ketones (excluding diaryl/α,β-unsaturated/α-hetero) is 1. The summed E-state index contributed by atoms with van der Waals surface area (Å²) in [5.41, 5.74) is 1.01. The molecule has 0 radical (unpaired) electrons. The first-order valence-electron chi connectivity index (χ1n) is 10.7. The zero-order valence-corrected chi connectivity index (χ0v) is 20.3. The van der Waals surface area contributed by atoms with Crippen LogP contribution < -0.4 is 14.4 Å². The average Bonchev–Trinajstić information content (AvgIpc) is 3.14. The second-order valence-corrected chi connectivity index (χ2v) is 8.46. The number of carbonyl (C=O) groups is 2. The topological polar surface area (TPSA) is 119 Å². The fourth-order valence-electron chi connectivity index (χ4n) is 4.18. The number of hydrogen-bond acceptors (Lipinski definition) is 7. The molecule has 0 aliphatic carbocycles. The molecule has 9 nitrogen and oxygen atoms in total. The van der Waals surface area contributed by atoms with Crippen molar-refractivity contribution in [3.63, 3.8) is 0 Å². The molecular formula is C26H21ClN2O7. The van der Waals surface area contributed by atoms with Gasteiger partial charge in [0, 0.05) is 28.4 Å². The van der Waals surface area contributed by atoms with Gasteiger partial charge in [-0.3, -0.25) is 24.6 Å². The molecule has 3 aromatic rings. The van der Waals surface area contributed by atoms with E-state index in [4.69, 9.17) is 21.1 Å². The summed E-state index contributed by atoms with van der Waals surface area (Å²) in [6.07, 6.45) is 0. The number of nitrogens with zero attached hydrogens (tertiary/aromatic N) is 2. The van der Waals surface area contributed by atoms with Crippen LogP contribution >= 0.6 is 11.6 Å². The van der Waals surface area contributed by atoms with Gasteiger partial charge in [-0.15, -0.1) is 0 Å². The summed E-state index contributed by atoms with van der Waals surface area (Å²) in [5.74, 6) is -1.60. The van der Waals surface area contributed by atoms with Gasteiger partial charge in [-0.05, 0) is 42.3 Å². The molecule has 1 aliphatic heterocycles. The van der Waals surface area contributed by atoms with Crippen molar-refractivity contribution in [2.24, 2.45) is 0 Å². The minimum Gasteiger partial charge on any atom is -0.507 e. The lowest BCUT2D eigenvalue weighted by atomic mass is 9.94. The van der Waals surface area contributed by atoms with Gasteiger partial charge in [-0.1, -0.05) is 35.9 Å². The molecule has 0 saturated carbocycles. The van der Waals surface area contributed by atoms with E-state index >= 15 is 0 Å². The van der Waals surface area contributed by atoms with Gasteiger partial charge in [0.15, 0.2) is 11.5 Å². The Morgan fingerprint density at radius 3 is 2.42 bits per heavy atom. The van der Waals surface area contributed by atoms with Crippen molar-refractivity contribution >= 4 is 40.4 Å². The molecule has 184 valence electrons. The fourth-order valence-corrected chi connectivity index (χ4v) is 4.35. The van der Waals surface area contributed by atoms with Gasteiger partial charge in [-0.2, -0.15) is 0 Å². The van der Waals surface area contributed by atoms with E-state index in [9.17, 15) is 24.8 Å². The first-order valence-corrected chi connectivity index (χ1v) is 11.1. The Morgan fingerprint density at radius 1 is 1.03 bits per heavy atom. The summed E-state index contributed by atoms with van der Waals surface area (Å²) < 4.78 is 10.7. The number of aryl methyl sites for hydroxylation is 1. The zero-order chi connectivity index (χ0) is 26.1. The van der Waals surface area contributed by atoms with Crippen LogP contribution in [0.2, 0.25) is 5.02 Å². The van der Waals surface area contributed by atoms with Gasteiger partial charge < -0.3 is 14.6 Å². The van der Waals surface area contributed by atoms with Crippen LogP contribution in [-0.4, -0.2) is 35.9 Å². The molecule has 1 heterocycles. The van der Waals surface area contributed by atoms with Crippen LogP contribution in [0.25, 0.3) is 5.76 Å². The van der Waals surface area contributed by atoms with E-state index in [1.807, 2.05) is 0 Å². The largest absolute Gasteiger partial charge is 0.507 e. The molecule has 1 N–H and O–H groups in total. The highest BCUT2D eigenvalue weighted by Crippen LogP contribution is 2.45. The number of rotatable bonds is 6. The van der Waals surface area contributed by atoms with E-state index in [1.165, 1.54) is 37.3 Å². The SMILES string of the molecule is COc1ccc(C2/C(=C(\O)c3cccc([N+](=O)[O-])c3)C(=O)C(=O)N2c2cc(Cl)ccc2C)cc1OC. The second kappa shape index (κ2) is 9.71. The van der Waals surface area contributed by atoms with Gasteiger partial charge in [0.2, 0.25) is 0 Å². The highest BCUT2D eigenvalue weighted by atomic mass is 35.5. The number of amides is 1. The van der Waals surface area contributed by atoms with Gasteiger partial charge in [0.05, 0.1) is 30.8 Å². The van der Waals surface area contributed by atoms with Gasteiger partial charge in [0.1, 0.15) is 5.76 Å². The van der Waals surface area contributed by atoms with Crippen LogP contribution in [-0.2, 0) is 9.59 Å². The Labute approximate surface area is 211 Å². The van der Waals surface area contributed by atoms with Crippen molar-refractivity contribution in [1.29, 1.82) is 0 Å². The lowest BCUT2D eigenvalue weighted by Crippen LogP contribution is -2.30. The highest BCUT2D eigenvalue weighted by Gasteiger charge is 2.47. The maximum absolute atomic E-state index is 13.4. The summed E-state index contributed by atoms with van der Waals surface area (Å²) in [7, 11) is 2.92. The smallest absolute Gasteiger partial charge is 0.300 e. The number of nitro groups is 1. The number of hydrogen-bond donors (Lipinski definition) is 1. The molecule has 1 atom stereocenters. The molecule has 36 heavy (non-hydrogen) atoms. The number of methoxy groups -OCH3 is 2. The number of nitro benzene ring substituents is 1. The lowest BCUT2D eigenvalue weighted by Gasteiger charge is -2.27. The van der Waals surface area contributed by atoms with E-state index in [0.29, 0.717) is 33.3 Å². The Kier molecular flexibility index (Phi) is 6.67. The summed E-state index contributed by atoms with van der Waals surface area (Å²) in [5, 5.41) is 22.9. The van der Waals surface area contributed by atoms with Crippen molar-refractivity contribution in [3.05, 3.63) is 98.1 Å². The number of carbonyl (C=O) groups excluding carboxylic acids is 2. The minimum absolute atomic E-state index is 0.0236. The summed E-state index contributed by atoms with van der Waals surface area (Å²) in [4.78, 5) is 38.6. The Balaban J connectivity index is 2.01. The van der Waals surface area contributed by atoms with E-state index in [-0.39, 0.29) is 16.8 Å². The number of ketones is 1. The molecule has 4 rings (SSSR count). The number of halogens is 1. The van der Waals surface area contributed by atoms with Crippen molar-refractivity contribution in [2.75, 3.05) is 19.1 Å². The fraction of sp³-hybridized carbons (Fsp3) is 0.154. The van der Waals surface area contributed by atoms with E-state index in [1.54, 1.807) is 43.3 Å². The Morgan fingerprint density at radius 2 is 1.75 bits per heavy atom. The van der Waals surface area contributed by atoms with Crippen molar-refractivity contribution in [2.45, 2.75) is 13.0 Å². The van der Waals surface area contributed by atoms with Crippen LogP contribution in [0.1, 0.15) is 22.7 Å². The van der Waals surface area contributed by atoms with Gasteiger partial charge >= 0.3 is 0 Å². The quantitative estimate of drug-likeness (QED) is 0.160. The standard InChI is InChI=1S/C26H21ClN2O7/c1-14-7-9-17(27)13-19(14)28-23(15-8-10-20(35-2)21(12-15)36-3)22(25(31)26(28)32)24(30)16-5-4-6-18(11-16)29(33)34/h4-13,23,30H,1-3H3/b24-22+. The minimum atomic E-state index is -1.08. The van der Waals surface area contributed by atoms with Crippen LogP contribution in [0.4, 0.5) is 11.4 Å². The highest BCUT2D eigenvalue weighted by molar-refractivity contribution is 6.52. The first-order chi connectivity index (χ1) is 17.2. The Bertz CT molecular complexity index is 1430. The number of non-ortho nitro benzene ring substituents is 1. The molecule has 1 fully saturated rings. The third-order valence-corrected chi connectivity index (χ3v) is 6.16. The third-order valence-electron chi connectivity index (χ3n) is 5.93. The molecule has 1 saturated heterocycles. The van der Waals surface area contributed by atoms with E-state index in [0.717, 1.165) is 6.07 Å². The number of benzene rings is 3. The average molecular weight is 509 g/mol. The lowest BCUT2D eigenvalue weighted by molar-refractivity contribution is -0.384. The molecule has 0 spiro atoms. The summed E-state index contributed by atoms with van der Waals surface area (Å²) in [6.45, 7) is 1.76. The van der Waals surface area contributed by atoms with Gasteiger partial charge in [-0.25, -0.2) is 0 Å². The third kappa shape index (κ3) is 4.25. The predicted molar refractivity (Wildman–Crippen MR) is 134 cm³/mol. The van der Waals surface area contributed by atoms with Gasteiger partial charge in [0.25, 0.3) is 17.4 Å². The van der Waals surface area contributed by atoms with E-state index in [2.05, 4.69) is 0 Å². The predicted octanol–water partition coefficient (Wildman–Crippen LogP) is 5.20. The van der Waals surface area contributed by atoms with Crippen LogP contribution in [0.15, 0.2) is 66.2 Å². The van der Waals surface area contributed by atoms with Crippen LogP contribution in [0.5, 0.6) is 11.5 Å². The maximum Gasteiger partial charge on any atom is 0.300 e. The zero-order valence-electron chi connectivity index (χ0n) is 19.5. The molecule has 10 heteroatoms. The molecule has 1 aliphatic rings. The molecule has 3 aromatic carbocycles. The molecule has 0 aromatic heterocycles. The molecule has 1 unspecified atom stereocenters. The maximum atomic E-state index is 13.4. The monoisotopic (exact) mass is 508 g/mol. The van der Waals surface area contributed by atoms with E-state index < -0.39 is 28.4 Å².